The average Bonchev–Trinajstić information content (AvgIpc) is 2.40. The first kappa shape index (κ1) is 12.0. The second-order valence-electron chi connectivity index (χ2n) is 3.83. The molecule has 5 heteroatoms. The van der Waals surface area contributed by atoms with Crippen LogP contribution in [-0.2, 0) is 0 Å². The predicted octanol–water partition coefficient (Wildman–Crippen LogP) is 2.35. The summed E-state index contributed by atoms with van der Waals surface area (Å²) in [6.45, 7) is 1.94. The summed E-state index contributed by atoms with van der Waals surface area (Å²) in [6, 6.07) is 10.5. The van der Waals surface area contributed by atoms with Crippen LogP contribution in [-0.4, -0.2) is 21.0 Å². The minimum Gasteiger partial charge on any atom is -0.477 e. The number of pyridine rings is 2. The van der Waals surface area contributed by atoms with E-state index in [1.807, 2.05) is 25.1 Å². The lowest BCUT2D eigenvalue weighted by atomic mass is 10.2. The Kier molecular flexibility index (Phi) is 3.52. The van der Waals surface area contributed by atoms with E-state index in [-0.39, 0.29) is 11.7 Å². The van der Waals surface area contributed by atoms with Gasteiger partial charge in [-0.1, -0.05) is 12.1 Å². The molecule has 0 bridgehead atoms. The van der Waals surface area contributed by atoms with E-state index in [1.165, 1.54) is 6.07 Å². The Morgan fingerprint density at radius 1 is 1.28 bits per heavy atom. The Morgan fingerprint density at radius 3 is 2.78 bits per heavy atom. The number of carboxylic acid groups (broad SMARTS) is 1. The Hall–Kier alpha value is -2.43. The van der Waals surface area contributed by atoms with Gasteiger partial charge in [0, 0.05) is 6.20 Å². The summed E-state index contributed by atoms with van der Waals surface area (Å²) in [5.74, 6) is -0.516. The van der Waals surface area contributed by atoms with Gasteiger partial charge in [-0.15, -0.1) is 0 Å². The minimum atomic E-state index is -1.04. The number of hydrogen-bond donors (Lipinski definition) is 2. The molecule has 0 aromatic carbocycles. The number of carboxylic acids is 1. The van der Waals surface area contributed by atoms with Gasteiger partial charge < -0.3 is 10.4 Å². The highest BCUT2D eigenvalue weighted by atomic mass is 16.4. The fourth-order valence-electron chi connectivity index (χ4n) is 1.56. The molecular formula is C13H13N3O2. The summed E-state index contributed by atoms with van der Waals surface area (Å²) in [5.41, 5.74) is 0.897. The van der Waals surface area contributed by atoms with Crippen LogP contribution in [0.15, 0.2) is 42.6 Å². The Morgan fingerprint density at radius 2 is 2.11 bits per heavy atom. The normalized spacial score (nSPS) is 11.8. The molecule has 2 N–H and O–H groups in total. The minimum absolute atomic E-state index is 0.0215. The average molecular weight is 243 g/mol. The lowest BCUT2D eigenvalue weighted by Gasteiger charge is -2.13. The van der Waals surface area contributed by atoms with E-state index < -0.39 is 5.97 Å². The zero-order valence-electron chi connectivity index (χ0n) is 9.87. The summed E-state index contributed by atoms with van der Waals surface area (Å²) < 4.78 is 0. The van der Waals surface area contributed by atoms with Crippen LogP contribution in [0.3, 0.4) is 0 Å². The van der Waals surface area contributed by atoms with Gasteiger partial charge in [-0.2, -0.15) is 0 Å². The van der Waals surface area contributed by atoms with Crippen molar-refractivity contribution in [3.8, 4) is 0 Å². The Labute approximate surface area is 105 Å². The van der Waals surface area contributed by atoms with E-state index in [9.17, 15) is 4.79 Å². The smallest absolute Gasteiger partial charge is 0.354 e. The van der Waals surface area contributed by atoms with Crippen molar-refractivity contribution in [2.24, 2.45) is 0 Å². The summed E-state index contributed by atoms with van der Waals surface area (Å²) in [4.78, 5) is 19.0. The Balaban J connectivity index is 2.14. The van der Waals surface area contributed by atoms with Crippen molar-refractivity contribution < 1.29 is 9.90 Å². The molecule has 2 heterocycles. The molecule has 5 nitrogen and oxygen atoms in total. The number of aromatic nitrogens is 2. The van der Waals surface area contributed by atoms with Crippen LogP contribution in [0, 0.1) is 0 Å². The van der Waals surface area contributed by atoms with Crippen molar-refractivity contribution in [3.63, 3.8) is 0 Å². The van der Waals surface area contributed by atoms with Crippen molar-refractivity contribution >= 4 is 11.8 Å². The molecule has 2 rings (SSSR count). The van der Waals surface area contributed by atoms with Gasteiger partial charge >= 0.3 is 5.97 Å². The molecule has 0 radical (unpaired) electrons. The highest BCUT2D eigenvalue weighted by Gasteiger charge is 2.09. The number of anilines is 1. The van der Waals surface area contributed by atoms with Gasteiger partial charge in [-0.3, -0.25) is 4.98 Å². The van der Waals surface area contributed by atoms with Crippen LogP contribution < -0.4 is 5.32 Å². The largest absolute Gasteiger partial charge is 0.477 e. The second kappa shape index (κ2) is 5.27. The van der Waals surface area contributed by atoms with Gasteiger partial charge in [0.05, 0.1) is 11.7 Å². The van der Waals surface area contributed by atoms with Crippen LogP contribution in [0.2, 0.25) is 0 Å². The van der Waals surface area contributed by atoms with Crippen LogP contribution in [0.4, 0.5) is 5.82 Å². The van der Waals surface area contributed by atoms with E-state index in [0.29, 0.717) is 5.82 Å². The lowest BCUT2D eigenvalue weighted by molar-refractivity contribution is 0.0690. The Bertz CT molecular complexity index is 543. The van der Waals surface area contributed by atoms with Crippen LogP contribution in [0.1, 0.15) is 29.1 Å². The topological polar surface area (TPSA) is 75.1 Å². The van der Waals surface area contributed by atoms with Crippen molar-refractivity contribution in [2.45, 2.75) is 13.0 Å². The number of carbonyl (C=O) groups is 1. The highest BCUT2D eigenvalue weighted by molar-refractivity contribution is 5.85. The molecule has 1 atom stereocenters. The fraction of sp³-hybridized carbons (Fsp3) is 0.154. The van der Waals surface area contributed by atoms with Crippen molar-refractivity contribution in [2.75, 3.05) is 5.32 Å². The molecule has 18 heavy (non-hydrogen) atoms. The third kappa shape index (κ3) is 2.82. The van der Waals surface area contributed by atoms with Gasteiger partial charge in [0.15, 0.2) is 5.69 Å². The van der Waals surface area contributed by atoms with Gasteiger partial charge in [-0.25, -0.2) is 9.78 Å². The monoisotopic (exact) mass is 243 g/mol. The van der Waals surface area contributed by atoms with E-state index in [4.69, 9.17) is 5.11 Å². The highest BCUT2D eigenvalue weighted by Crippen LogP contribution is 2.15. The first-order valence-corrected chi connectivity index (χ1v) is 5.54. The summed E-state index contributed by atoms with van der Waals surface area (Å²) in [6.07, 6.45) is 1.72. The second-order valence-corrected chi connectivity index (χ2v) is 3.83. The van der Waals surface area contributed by atoms with Crippen molar-refractivity contribution in [1.29, 1.82) is 0 Å². The summed E-state index contributed by atoms with van der Waals surface area (Å²) in [5, 5.41) is 12.0. The molecule has 2 aromatic heterocycles. The first-order chi connectivity index (χ1) is 8.66. The van der Waals surface area contributed by atoms with Crippen molar-refractivity contribution in [1.82, 2.24) is 9.97 Å². The number of aromatic carboxylic acids is 1. The van der Waals surface area contributed by atoms with Crippen molar-refractivity contribution in [3.05, 3.63) is 54.0 Å². The van der Waals surface area contributed by atoms with E-state index in [0.717, 1.165) is 5.69 Å². The maximum atomic E-state index is 10.8. The molecule has 0 saturated heterocycles. The summed E-state index contributed by atoms with van der Waals surface area (Å²) in [7, 11) is 0. The predicted molar refractivity (Wildman–Crippen MR) is 67.5 cm³/mol. The quantitative estimate of drug-likeness (QED) is 0.862. The summed E-state index contributed by atoms with van der Waals surface area (Å²) >= 11 is 0. The third-order valence-electron chi connectivity index (χ3n) is 2.46. The molecule has 0 fully saturated rings. The van der Waals surface area contributed by atoms with Gasteiger partial charge in [0.1, 0.15) is 5.82 Å². The van der Waals surface area contributed by atoms with Gasteiger partial charge in [0.25, 0.3) is 0 Å². The molecule has 1 unspecified atom stereocenters. The number of rotatable bonds is 4. The molecule has 92 valence electrons. The SMILES string of the molecule is CC(Nc1cccc(C(=O)O)n1)c1ccccn1. The standard InChI is InChI=1S/C13H13N3O2/c1-9(10-5-2-3-8-14-10)15-12-7-4-6-11(16-12)13(17)18/h2-9H,1H3,(H,15,16)(H,17,18). The van der Waals surface area contributed by atoms with Crippen LogP contribution >= 0.6 is 0 Å². The number of nitrogens with one attached hydrogen (secondary N) is 1. The van der Waals surface area contributed by atoms with E-state index in [2.05, 4.69) is 15.3 Å². The van der Waals surface area contributed by atoms with Gasteiger partial charge in [-0.05, 0) is 31.2 Å². The first-order valence-electron chi connectivity index (χ1n) is 5.54. The number of hydrogen-bond acceptors (Lipinski definition) is 4. The third-order valence-corrected chi connectivity index (χ3v) is 2.46. The van der Waals surface area contributed by atoms with Gasteiger partial charge in [0.2, 0.25) is 0 Å². The van der Waals surface area contributed by atoms with Crippen LogP contribution in [0.5, 0.6) is 0 Å². The number of nitrogens with zero attached hydrogens (tertiary/aromatic N) is 2. The maximum absolute atomic E-state index is 10.8. The molecular weight excluding hydrogens is 230 g/mol. The van der Waals surface area contributed by atoms with E-state index >= 15 is 0 Å². The fourth-order valence-corrected chi connectivity index (χ4v) is 1.56. The lowest BCUT2D eigenvalue weighted by Crippen LogP contribution is -2.11. The molecule has 0 aliphatic heterocycles. The maximum Gasteiger partial charge on any atom is 0.354 e. The molecule has 0 saturated carbocycles. The zero-order valence-corrected chi connectivity index (χ0v) is 9.87. The molecule has 0 aliphatic rings. The molecule has 0 amide bonds. The molecule has 0 aliphatic carbocycles. The van der Waals surface area contributed by atoms with E-state index in [1.54, 1.807) is 18.3 Å². The zero-order chi connectivity index (χ0) is 13.0. The van der Waals surface area contributed by atoms with Crippen LogP contribution in [0.25, 0.3) is 0 Å². The molecule has 0 spiro atoms. The molecule has 2 aromatic rings.